The van der Waals surface area contributed by atoms with E-state index in [0.29, 0.717) is 41.2 Å². The molecule has 1 unspecified atom stereocenters. The van der Waals surface area contributed by atoms with Crippen LogP contribution in [0.4, 0.5) is 15.5 Å². The first kappa shape index (κ1) is 38.3. The van der Waals surface area contributed by atoms with Crippen molar-refractivity contribution in [1.82, 2.24) is 10.2 Å². The number of rotatable bonds is 11. The van der Waals surface area contributed by atoms with Gasteiger partial charge in [0.25, 0.3) is 11.8 Å². The van der Waals surface area contributed by atoms with Gasteiger partial charge in [-0.15, -0.1) is 23.1 Å². The zero-order valence-electron chi connectivity index (χ0n) is 29.4. The Hall–Kier alpha value is -4.92. The van der Waals surface area contributed by atoms with Crippen molar-refractivity contribution in [3.05, 3.63) is 104 Å². The minimum Gasteiger partial charge on any atom is -0.465 e. The number of hydrogen-bond donors (Lipinski definition) is 3. The van der Waals surface area contributed by atoms with Crippen molar-refractivity contribution in [1.29, 1.82) is 0 Å². The van der Waals surface area contributed by atoms with E-state index in [9.17, 15) is 24.0 Å². The van der Waals surface area contributed by atoms with E-state index in [1.165, 1.54) is 41.5 Å². The van der Waals surface area contributed by atoms with Crippen molar-refractivity contribution in [2.75, 3.05) is 24.3 Å². The molecule has 52 heavy (non-hydrogen) atoms. The molecule has 0 radical (unpaired) electrons. The molecule has 1 aliphatic rings. The van der Waals surface area contributed by atoms with Crippen LogP contribution in [0, 0.1) is 0 Å². The van der Waals surface area contributed by atoms with Gasteiger partial charge in [-0.3, -0.25) is 14.4 Å². The molecule has 4 amide bonds. The zero-order valence-corrected chi connectivity index (χ0v) is 31.9. The molecule has 2 aromatic carbocycles. The molecule has 14 heteroatoms. The van der Waals surface area contributed by atoms with Crippen LogP contribution < -0.4 is 16.0 Å². The second-order valence-electron chi connectivity index (χ2n) is 12.8. The van der Waals surface area contributed by atoms with E-state index in [1.807, 2.05) is 29.8 Å². The van der Waals surface area contributed by atoms with Crippen molar-refractivity contribution in [3.8, 4) is 0 Å². The van der Waals surface area contributed by atoms with Gasteiger partial charge in [0.05, 0.1) is 24.5 Å². The number of ether oxygens (including phenoxy) is 2. The minimum absolute atomic E-state index is 0.0744. The summed E-state index contributed by atoms with van der Waals surface area (Å²) < 4.78 is 10.6. The molecule has 0 bridgehead atoms. The maximum absolute atomic E-state index is 13.7. The zero-order chi connectivity index (χ0) is 37.4. The molecule has 0 saturated heterocycles. The molecule has 11 nitrogen and oxygen atoms in total. The smallest absolute Gasteiger partial charge is 0.410 e. The van der Waals surface area contributed by atoms with Gasteiger partial charge < -0.3 is 30.3 Å². The Morgan fingerprint density at radius 3 is 2.46 bits per heavy atom. The van der Waals surface area contributed by atoms with Crippen LogP contribution in [0.25, 0.3) is 6.08 Å². The molecule has 1 atom stereocenters. The highest BCUT2D eigenvalue weighted by molar-refractivity contribution is 8.00. The van der Waals surface area contributed by atoms with E-state index in [4.69, 9.17) is 9.47 Å². The lowest BCUT2D eigenvalue weighted by Gasteiger charge is -2.30. The Balaban J connectivity index is 1.29. The Morgan fingerprint density at radius 1 is 1.02 bits per heavy atom. The summed E-state index contributed by atoms with van der Waals surface area (Å²) in [5.74, 6) is -1.79. The van der Waals surface area contributed by atoms with Crippen LogP contribution in [-0.2, 0) is 32.0 Å². The molecule has 3 N–H and O–H groups in total. The lowest BCUT2D eigenvalue weighted by Crippen LogP contribution is -2.39. The Bertz CT molecular complexity index is 1970. The standard InChI is InChI=1S/C38H40N4O7S3/c1-6-29(34(45)41-35-31(36(46)48-5)27-15-17-42(21-30(27)52-35)37(47)49-38(2,3)4)51-26-14-10-13-25(20-26)39-33(44)28(19-23-16-18-50-22-23)40-32(43)24-11-8-7-9-12-24/h7-14,16,18-20,22,29H,6,15,17,21H2,1-5H3,(H,39,44)(H,40,43)(H,41,45)/b28-19-. The lowest BCUT2D eigenvalue weighted by molar-refractivity contribution is -0.116. The van der Waals surface area contributed by atoms with Crippen LogP contribution >= 0.6 is 34.4 Å². The molecule has 5 rings (SSSR count). The van der Waals surface area contributed by atoms with Crippen molar-refractivity contribution >= 4 is 81.0 Å². The van der Waals surface area contributed by atoms with Gasteiger partial charge in [0.2, 0.25) is 5.91 Å². The van der Waals surface area contributed by atoms with Crippen LogP contribution in [0.5, 0.6) is 0 Å². The van der Waals surface area contributed by atoms with Crippen LogP contribution in [0.1, 0.15) is 70.8 Å². The van der Waals surface area contributed by atoms with Gasteiger partial charge in [-0.1, -0.05) is 31.2 Å². The summed E-state index contributed by atoms with van der Waals surface area (Å²) in [5.41, 5.74) is 2.14. The number of carbonyl (C=O) groups is 5. The second kappa shape index (κ2) is 17.1. The highest BCUT2D eigenvalue weighted by atomic mass is 32.2. The number of thioether (sulfide) groups is 1. The summed E-state index contributed by atoms with van der Waals surface area (Å²) >= 11 is 4.04. The maximum atomic E-state index is 13.7. The van der Waals surface area contributed by atoms with E-state index in [1.54, 1.807) is 80.3 Å². The first-order valence-corrected chi connectivity index (χ1v) is 19.2. The molecule has 272 valence electrons. The number of amides is 4. The van der Waals surface area contributed by atoms with Crippen LogP contribution in [0.3, 0.4) is 0 Å². The number of thiophene rings is 2. The Kier molecular flexibility index (Phi) is 12.6. The summed E-state index contributed by atoms with van der Waals surface area (Å²) in [6.07, 6.45) is 2.06. The monoisotopic (exact) mass is 760 g/mol. The van der Waals surface area contributed by atoms with Gasteiger partial charge >= 0.3 is 12.1 Å². The van der Waals surface area contributed by atoms with Gasteiger partial charge in [-0.05, 0) is 98.0 Å². The SMILES string of the molecule is CCC(Sc1cccc(NC(=O)/C(=C/c2ccsc2)NC(=O)c2ccccc2)c1)C(=O)Nc1sc2c(c1C(=O)OC)CCN(C(=O)OC(C)(C)C)C2. The average Bonchev–Trinajstić information content (AvgIpc) is 3.76. The van der Waals surface area contributed by atoms with E-state index in [0.717, 1.165) is 20.9 Å². The largest absolute Gasteiger partial charge is 0.465 e. The fourth-order valence-corrected chi connectivity index (χ4v) is 8.17. The molecule has 0 aliphatic carbocycles. The summed E-state index contributed by atoms with van der Waals surface area (Å²) in [6.45, 7) is 7.91. The number of anilines is 2. The van der Waals surface area contributed by atoms with E-state index >= 15 is 0 Å². The number of nitrogens with one attached hydrogen (secondary N) is 3. The Morgan fingerprint density at radius 2 is 1.79 bits per heavy atom. The fraction of sp³-hybridized carbons (Fsp3) is 0.289. The third-order valence-electron chi connectivity index (χ3n) is 7.75. The van der Waals surface area contributed by atoms with Gasteiger partial charge in [-0.2, -0.15) is 11.3 Å². The van der Waals surface area contributed by atoms with Gasteiger partial charge in [0, 0.05) is 27.6 Å². The summed E-state index contributed by atoms with van der Waals surface area (Å²) in [5, 5.41) is 12.1. The van der Waals surface area contributed by atoms with Crippen molar-refractivity contribution < 1.29 is 33.4 Å². The molecule has 4 aromatic rings. The number of benzene rings is 2. The fourth-order valence-electron chi connectivity index (χ4n) is 5.28. The molecule has 0 spiro atoms. The number of methoxy groups -OCH3 is 1. The molecule has 2 aromatic heterocycles. The Labute approximate surface area is 314 Å². The summed E-state index contributed by atoms with van der Waals surface area (Å²) in [4.78, 5) is 68.9. The highest BCUT2D eigenvalue weighted by Crippen LogP contribution is 2.39. The summed E-state index contributed by atoms with van der Waals surface area (Å²) in [6, 6.07) is 17.6. The molecule has 0 fully saturated rings. The highest BCUT2D eigenvalue weighted by Gasteiger charge is 2.33. The third kappa shape index (κ3) is 9.90. The van der Waals surface area contributed by atoms with Gasteiger partial charge in [0.1, 0.15) is 16.3 Å². The molecule has 1 aliphatic heterocycles. The van der Waals surface area contributed by atoms with Crippen molar-refractivity contribution in [3.63, 3.8) is 0 Å². The van der Waals surface area contributed by atoms with E-state index < -0.39 is 34.7 Å². The van der Waals surface area contributed by atoms with Crippen LogP contribution in [0.15, 0.2) is 82.0 Å². The summed E-state index contributed by atoms with van der Waals surface area (Å²) in [7, 11) is 1.29. The maximum Gasteiger partial charge on any atom is 0.410 e. The number of esters is 1. The number of hydrogen-bond acceptors (Lipinski definition) is 10. The van der Waals surface area contributed by atoms with Crippen LogP contribution in [-0.4, -0.2) is 59.2 Å². The second-order valence-corrected chi connectivity index (χ2v) is 15.9. The topological polar surface area (TPSA) is 143 Å². The molecule has 3 heterocycles. The first-order chi connectivity index (χ1) is 24.8. The number of carbonyl (C=O) groups excluding carboxylic acids is 5. The molecular weight excluding hydrogens is 721 g/mol. The first-order valence-electron chi connectivity index (χ1n) is 16.5. The van der Waals surface area contributed by atoms with E-state index in [-0.39, 0.29) is 18.1 Å². The lowest BCUT2D eigenvalue weighted by atomic mass is 10.0. The predicted octanol–water partition coefficient (Wildman–Crippen LogP) is 7.81. The van der Waals surface area contributed by atoms with Gasteiger partial charge in [0.15, 0.2) is 0 Å². The quantitative estimate of drug-likeness (QED) is 0.0799. The number of nitrogens with zero attached hydrogens (tertiary/aromatic N) is 1. The molecular formula is C38H40N4O7S3. The van der Waals surface area contributed by atoms with E-state index in [2.05, 4.69) is 16.0 Å². The van der Waals surface area contributed by atoms with Gasteiger partial charge in [-0.25, -0.2) is 9.59 Å². The van der Waals surface area contributed by atoms with Crippen LogP contribution in [0.2, 0.25) is 0 Å². The van der Waals surface area contributed by atoms with Crippen molar-refractivity contribution in [2.45, 2.75) is 62.8 Å². The minimum atomic E-state index is -0.647. The molecule has 0 saturated carbocycles. The van der Waals surface area contributed by atoms with Crippen molar-refractivity contribution in [2.24, 2.45) is 0 Å². The average molecular weight is 761 g/mol. The number of fused-ring (bicyclic) bond motifs is 1. The normalized spacial score (nSPS) is 13.4. The predicted molar refractivity (Wildman–Crippen MR) is 206 cm³/mol. The third-order valence-corrected chi connectivity index (χ3v) is 10.9.